The normalized spacial score (nSPS) is 25.3. The van der Waals surface area contributed by atoms with Crippen molar-refractivity contribution in [2.75, 3.05) is 11.9 Å². The molecule has 1 aromatic carbocycles. The van der Waals surface area contributed by atoms with Crippen molar-refractivity contribution in [3.05, 3.63) is 30.1 Å². The van der Waals surface area contributed by atoms with E-state index in [2.05, 4.69) is 16.0 Å². The Hall–Kier alpha value is -1.66. The average molecular weight is 356 g/mol. The molecule has 1 aliphatic heterocycles. The fourth-order valence-corrected chi connectivity index (χ4v) is 3.55. The Kier molecular flexibility index (Phi) is 6.57. The predicted octanol–water partition coefficient (Wildman–Crippen LogP) is 2.22. The molecule has 7 heteroatoms. The zero-order valence-corrected chi connectivity index (χ0v) is 14.2. The number of fused-ring (bicyclic) bond motifs is 1. The molecule has 3 atom stereocenters. The van der Waals surface area contributed by atoms with E-state index in [4.69, 9.17) is 0 Å². The molecule has 0 bridgehead atoms. The Labute approximate surface area is 147 Å². The van der Waals surface area contributed by atoms with Crippen LogP contribution < -0.4 is 16.0 Å². The van der Waals surface area contributed by atoms with Crippen molar-refractivity contribution in [1.29, 1.82) is 0 Å². The monoisotopic (exact) mass is 355 g/mol. The first-order valence-electron chi connectivity index (χ1n) is 8.21. The molecule has 132 valence electrons. The molecule has 0 spiro atoms. The Morgan fingerprint density at radius 3 is 2.58 bits per heavy atom. The Balaban J connectivity index is 0.00000208. The van der Waals surface area contributed by atoms with Gasteiger partial charge in [0.05, 0.1) is 12.6 Å². The predicted molar refractivity (Wildman–Crippen MR) is 92.6 cm³/mol. The van der Waals surface area contributed by atoms with Gasteiger partial charge in [0.1, 0.15) is 5.82 Å². The van der Waals surface area contributed by atoms with Crippen molar-refractivity contribution in [1.82, 2.24) is 10.6 Å². The highest BCUT2D eigenvalue weighted by Crippen LogP contribution is 2.33. The van der Waals surface area contributed by atoms with E-state index in [0.29, 0.717) is 17.6 Å². The van der Waals surface area contributed by atoms with E-state index in [1.807, 2.05) is 0 Å². The highest BCUT2D eigenvalue weighted by Gasteiger charge is 2.38. The van der Waals surface area contributed by atoms with Crippen LogP contribution in [0.25, 0.3) is 0 Å². The van der Waals surface area contributed by atoms with Gasteiger partial charge >= 0.3 is 0 Å². The van der Waals surface area contributed by atoms with Gasteiger partial charge in [-0.3, -0.25) is 9.59 Å². The van der Waals surface area contributed by atoms with E-state index in [0.717, 1.165) is 12.8 Å². The van der Waals surface area contributed by atoms with Gasteiger partial charge in [0.25, 0.3) is 0 Å². The maximum absolute atomic E-state index is 12.8. The summed E-state index contributed by atoms with van der Waals surface area (Å²) < 4.78 is 12.8. The second-order valence-corrected chi connectivity index (χ2v) is 6.38. The van der Waals surface area contributed by atoms with Crippen LogP contribution in [0.15, 0.2) is 24.3 Å². The number of hydrogen-bond acceptors (Lipinski definition) is 3. The topological polar surface area (TPSA) is 70.2 Å². The third-order valence-corrected chi connectivity index (χ3v) is 4.73. The van der Waals surface area contributed by atoms with Gasteiger partial charge < -0.3 is 16.0 Å². The van der Waals surface area contributed by atoms with E-state index >= 15 is 0 Å². The standard InChI is InChI=1S/C17H22FN3O2.ClH/c18-12-5-7-13(8-6-12)20-16(22)10-19-17(23)15-9-11-3-1-2-4-14(11)21-15;/h5-8,11,14-15,21H,1-4,9-10H2,(H,19,23)(H,20,22);1H. The van der Waals surface area contributed by atoms with Gasteiger partial charge in [0, 0.05) is 11.7 Å². The van der Waals surface area contributed by atoms with Crippen LogP contribution in [0.5, 0.6) is 0 Å². The summed E-state index contributed by atoms with van der Waals surface area (Å²) in [4.78, 5) is 24.0. The molecular formula is C17H23ClFN3O2. The van der Waals surface area contributed by atoms with Crippen LogP contribution in [0, 0.1) is 11.7 Å². The van der Waals surface area contributed by atoms with E-state index in [9.17, 15) is 14.0 Å². The van der Waals surface area contributed by atoms with Gasteiger partial charge in [-0.05, 0) is 49.4 Å². The molecule has 5 nitrogen and oxygen atoms in total. The summed E-state index contributed by atoms with van der Waals surface area (Å²) in [5.41, 5.74) is 0.510. The van der Waals surface area contributed by atoms with Gasteiger partial charge in [-0.25, -0.2) is 4.39 Å². The SMILES string of the molecule is Cl.O=C(CNC(=O)C1CC2CCCCC2N1)Nc1ccc(F)cc1. The van der Waals surface area contributed by atoms with E-state index in [1.54, 1.807) is 0 Å². The van der Waals surface area contributed by atoms with Crippen molar-refractivity contribution in [2.24, 2.45) is 5.92 Å². The number of halogens is 2. The lowest BCUT2D eigenvalue weighted by atomic mass is 9.85. The molecule has 1 aromatic rings. The first kappa shape index (κ1) is 18.7. The Morgan fingerprint density at radius 2 is 1.88 bits per heavy atom. The second kappa shape index (κ2) is 8.44. The third-order valence-electron chi connectivity index (χ3n) is 4.73. The lowest BCUT2D eigenvalue weighted by molar-refractivity contribution is -0.125. The zero-order valence-electron chi connectivity index (χ0n) is 13.4. The molecule has 1 saturated heterocycles. The molecule has 2 amide bonds. The maximum Gasteiger partial charge on any atom is 0.243 e. The van der Waals surface area contributed by atoms with Gasteiger partial charge in [0.15, 0.2) is 0 Å². The molecule has 1 heterocycles. The fourth-order valence-electron chi connectivity index (χ4n) is 3.55. The van der Waals surface area contributed by atoms with Crippen LogP contribution in [0.2, 0.25) is 0 Å². The van der Waals surface area contributed by atoms with Gasteiger partial charge in [0.2, 0.25) is 11.8 Å². The minimum absolute atomic E-state index is 0. The first-order valence-corrected chi connectivity index (χ1v) is 8.21. The molecule has 0 radical (unpaired) electrons. The largest absolute Gasteiger partial charge is 0.346 e. The van der Waals surface area contributed by atoms with Gasteiger partial charge in [-0.2, -0.15) is 0 Å². The van der Waals surface area contributed by atoms with Crippen LogP contribution in [0.4, 0.5) is 10.1 Å². The first-order chi connectivity index (χ1) is 11.1. The minimum Gasteiger partial charge on any atom is -0.346 e. The van der Waals surface area contributed by atoms with Crippen molar-refractivity contribution < 1.29 is 14.0 Å². The number of hydrogen-bond donors (Lipinski definition) is 3. The molecule has 0 aromatic heterocycles. The van der Waals surface area contributed by atoms with Crippen LogP contribution in [-0.2, 0) is 9.59 Å². The second-order valence-electron chi connectivity index (χ2n) is 6.38. The number of carbonyl (C=O) groups excluding carboxylic acids is 2. The average Bonchev–Trinajstić information content (AvgIpc) is 2.99. The molecule has 3 unspecified atom stereocenters. The van der Waals surface area contributed by atoms with Crippen LogP contribution in [0.3, 0.4) is 0 Å². The van der Waals surface area contributed by atoms with Crippen molar-refractivity contribution >= 4 is 29.9 Å². The highest BCUT2D eigenvalue weighted by molar-refractivity contribution is 5.95. The molecule has 2 fully saturated rings. The highest BCUT2D eigenvalue weighted by atomic mass is 35.5. The lowest BCUT2D eigenvalue weighted by Crippen LogP contribution is -2.45. The summed E-state index contributed by atoms with van der Waals surface area (Å²) in [5, 5.41) is 8.69. The van der Waals surface area contributed by atoms with Crippen LogP contribution in [0.1, 0.15) is 32.1 Å². The summed E-state index contributed by atoms with van der Waals surface area (Å²) >= 11 is 0. The van der Waals surface area contributed by atoms with E-state index in [1.165, 1.54) is 43.5 Å². The summed E-state index contributed by atoms with van der Waals surface area (Å²) in [6, 6.07) is 5.78. The van der Waals surface area contributed by atoms with E-state index < -0.39 is 0 Å². The van der Waals surface area contributed by atoms with E-state index in [-0.39, 0.29) is 42.6 Å². The molecular weight excluding hydrogens is 333 g/mol. The van der Waals surface area contributed by atoms with Crippen LogP contribution >= 0.6 is 12.4 Å². The zero-order chi connectivity index (χ0) is 16.2. The maximum atomic E-state index is 12.8. The Bertz CT molecular complexity index is 568. The van der Waals surface area contributed by atoms with Crippen LogP contribution in [-0.4, -0.2) is 30.4 Å². The number of anilines is 1. The fraction of sp³-hybridized carbons (Fsp3) is 0.529. The molecule has 1 saturated carbocycles. The number of amides is 2. The molecule has 3 rings (SSSR count). The number of carbonyl (C=O) groups is 2. The van der Waals surface area contributed by atoms with Gasteiger partial charge in [-0.15, -0.1) is 12.4 Å². The third kappa shape index (κ3) is 4.68. The molecule has 3 N–H and O–H groups in total. The minimum atomic E-state index is -0.356. The lowest BCUT2D eigenvalue weighted by Gasteiger charge is -2.24. The number of nitrogens with one attached hydrogen (secondary N) is 3. The number of benzene rings is 1. The molecule has 24 heavy (non-hydrogen) atoms. The van der Waals surface area contributed by atoms with Gasteiger partial charge in [-0.1, -0.05) is 12.8 Å². The van der Waals surface area contributed by atoms with Crippen molar-refractivity contribution in [2.45, 2.75) is 44.2 Å². The summed E-state index contributed by atoms with van der Waals surface area (Å²) in [6.07, 6.45) is 5.65. The Morgan fingerprint density at radius 1 is 1.17 bits per heavy atom. The number of rotatable bonds is 4. The van der Waals surface area contributed by atoms with Crippen molar-refractivity contribution in [3.63, 3.8) is 0 Å². The van der Waals surface area contributed by atoms with Crippen molar-refractivity contribution in [3.8, 4) is 0 Å². The summed E-state index contributed by atoms with van der Waals surface area (Å²) in [5.74, 6) is -0.202. The smallest absolute Gasteiger partial charge is 0.243 e. The molecule has 1 aliphatic carbocycles. The summed E-state index contributed by atoms with van der Waals surface area (Å²) in [6.45, 7) is -0.0796. The summed E-state index contributed by atoms with van der Waals surface area (Å²) in [7, 11) is 0. The quantitative estimate of drug-likeness (QED) is 0.775. The molecule has 2 aliphatic rings.